The highest BCUT2D eigenvalue weighted by atomic mass is 16.5. The molecular weight excluding hydrogens is 174 g/mol. The molecule has 2 atom stereocenters. The summed E-state index contributed by atoms with van der Waals surface area (Å²) >= 11 is 0. The standard InChI is InChI=1S/C12H27NO/c1-7-8-11(13-5)10(2)9-12(3,4)14-6/h10-11,13H,7-9H2,1-6H3. The Morgan fingerprint density at radius 2 is 1.93 bits per heavy atom. The molecule has 2 unspecified atom stereocenters. The van der Waals surface area contributed by atoms with Gasteiger partial charge in [0, 0.05) is 13.2 Å². The van der Waals surface area contributed by atoms with Crippen LogP contribution in [0.5, 0.6) is 0 Å². The maximum atomic E-state index is 5.45. The van der Waals surface area contributed by atoms with Gasteiger partial charge in [-0.25, -0.2) is 0 Å². The predicted octanol–water partition coefficient (Wildman–Crippen LogP) is 2.83. The Labute approximate surface area is 89.4 Å². The van der Waals surface area contributed by atoms with Crippen molar-refractivity contribution in [1.29, 1.82) is 0 Å². The van der Waals surface area contributed by atoms with E-state index in [1.165, 1.54) is 12.8 Å². The van der Waals surface area contributed by atoms with Crippen molar-refractivity contribution in [3.63, 3.8) is 0 Å². The zero-order valence-electron chi connectivity index (χ0n) is 10.7. The number of methoxy groups -OCH3 is 1. The molecule has 0 aromatic rings. The van der Waals surface area contributed by atoms with Gasteiger partial charge in [-0.05, 0) is 39.7 Å². The fourth-order valence-electron chi connectivity index (χ4n) is 2.03. The summed E-state index contributed by atoms with van der Waals surface area (Å²) in [5, 5.41) is 3.39. The molecule has 86 valence electrons. The lowest BCUT2D eigenvalue weighted by molar-refractivity contribution is -0.000409. The molecule has 0 saturated heterocycles. The number of hydrogen-bond donors (Lipinski definition) is 1. The molecule has 0 spiro atoms. The molecule has 0 amide bonds. The first-order chi connectivity index (χ1) is 6.46. The average Bonchev–Trinajstić information content (AvgIpc) is 2.13. The van der Waals surface area contributed by atoms with Gasteiger partial charge in [0.2, 0.25) is 0 Å². The lowest BCUT2D eigenvalue weighted by atomic mass is 9.87. The Hall–Kier alpha value is -0.0800. The molecular formula is C12H27NO. The van der Waals surface area contributed by atoms with E-state index in [1.54, 1.807) is 7.11 Å². The molecule has 0 aliphatic carbocycles. The normalized spacial score (nSPS) is 16.7. The van der Waals surface area contributed by atoms with Gasteiger partial charge >= 0.3 is 0 Å². The summed E-state index contributed by atoms with van der Waals surface area (Å²) in [5.74, 6) is 0.662. The van der Waals surface area contributed by atoms with Gasteiger partial charge in [-0.15, -0.1) is 0 Å². The van der Waals surface area contributed by atoms with Crippen LogP contribution in [-0.2, 0) is 4.74 Å². The molecule has 0 aliphatic heterocycles. The topological polar surface area (TPSA) is 21.3 Å². The lowest BCUT2D eigenvalue weighted by Crippen LogP contribution is -2.37. The zero-order valence-corrected chi connectivity index (χ0v) is 10.7. The molecule has 0 aromatic heterocycles. The smallest absolute Gasteiger partial charge is 0.0625 e. The summed E-state index contributed by atoms with van der Waals surface area (Å²) in [6, 6.07) is 0.620. The number of nitrogens with one attached hydrogen (secondary N) is 1. The molecule has 1 N–H and O–H groups in total. The van der Waals surface area contributed by atoms with Crippen LogP contribution in [0, 0.1) is 5.92 Å². The quantitative estimate of drug-likeness (QED) is 0.684. The summed E-state index contributed by atoms with van der Waals surface area (Å²) in [5.41, 5.74) is 0.00224. The average molecular weight is 201 g/mol. The molecule has 0 aliphatic rings. The first-order valence-electron chi connectivity index (χ1n) is 5.69. The molecule has 2 heteroatoms. The Morgan fingerprint density at radius 3 is 2.29 bits per heavy atom. The maximum absolute atomic E-state index is 5.45. The second-order valence-electron chi connectivity index (χ2n) is 4.83. The van der Waals surface area contributed by atoms with Crippen LogP contribution in [0.2, 0.25) is 0 Å². The summed E-state index contributed by atoms with van der Waals surface area (Å²) in [4.78, 5) is 0. The van der Waals surface area contributed by atoms with Crippen molar-refractivity contribution in [2.45, 2.75) is 58.6 Å². The predicted molar refractivity (Wildman–Crippen MR) is 62.6 cm³/mol. The van der Waals surface area contributed by atoms with E-state index in [1.807, 2.05) is 0 Å². The van der Waals surface area contributed by atoms with E-state index >= 15 is 0 Å². The van der Waals surface area contributed by atoms with Crippen LogP contribution in [0.1, 0.15) is 47.0 Å². The monoisotopic (exact) mass is 201 g/mol. The van der Waals surface area contributed by atoms with Crippen molar-refractivity contribution in [3.05, 3.63) is 0 Å². The van der Waals surface area contributed by atoms with Gasteiger partial charge < -0.3 is 10.1 Å². The second kappa shape index (κ2) is 6.41. The van der Waals surface area contributed by atoms with Crippen LogP contribution < -0.4 is 5.32 Å². The van der Waals surface area contributed by atoms with E-state index < -0.39 is 0 Å². The van der Waals surface area contributed by atoms with Gasteiger partial charge in [-0.2, -0.15) is 0 Å². The minimum Gasteiger partial charge on any atom is -0.379 e. The fourth-order valence-corrected chi connectivity index (χ4v) is 2.03. The van der Waals surface area contributed by atoms with Crippen LogP contribution >= 0.6 is 0 Å². The minimum absolute atomic E-state index is 0.00224. The van der Waals surface area contributed by atoms with Crippen LogP contribution in [0.25, 0.3) is 0 Å². The van der Waals surface area contributed by atoms with Gasteiger partial charge in [-0.3, -0.25) is 0 Å². The third-order valence-electron chi connectivity index (χ3n) is 3.02. The first kappa shape index (κ1) is 13.9. The Balaban J connectivity index is 4.09. The largest absolute Gasteiger partial charge is 0.379 e. The van der Waals surface area contributed by atoms with E-state index in [2.05, 4.69) is 40.1 Å². The molecule has 0 heterocycles. The lowest BCUT2D eigenvalue weighted by Gasteiger charge is -2.31. The van der Waals surface area contributed by atoms with Crippen molar-refractivity contribution < 1.29 is 4.74 Å². The molecule has 2 nitrogen and oxygen atoms in total. The van der Waals surface area contributed by atoms with Crippen LogP contribution in [0.4, 0.5) is 0 Å². The maximum Gasteiger partial charge on any atom is 0.0625 e. The molecule has 0 radical (unpaired) electrons. The number of rotatable bonds is 7. The second-order valence-corrected chi connectivity index (χ2v) is 4.83. The third-order valence-corrected chi connectivity index (χ3v) is 3.02. The van der Waals surface area contributed by atoms with Crippen LogP contribution in [0.3, 0.4) is 0 Å². The molecule has 14 heavy (non-hydrogen) atoms. The highest BCUT2D eigenvalue weighted by Gasteiger charge is 2.24. The van der Waals surface area contributed by atoms with Gasteiger partial charge in [0.1, 0.15) is 0 Å². The van der Waals surface area contributed by atoms with E-state index in [0.717, 1.165) is 6.42 Å². The van der Waals surface area contributed by atoms with E-state index in [4.69, 9.17) is 4.74 Å². The summed E-state index contributed by atoms with van der Waals surface area (Å²) < 4.78 is 5.45. The zero-order chi connectivity index (χ0) is 11.2. The van der Waals surface area contributed by atoms with E-state index in [9.17, 15) is 0 Å². The Bertz CT molecular complexity index is 145. The van der Waals surface area contributed by atoms with Crippen LogP contribution in [0.15, 0.2) is 0 Å². The van der Waals surface area contributed by atoms with Crippen molar-refractivity contribution in [2.75, 3.05) is 14.2 Å². The minimum atomic E-state index is 0.00224. The molecule has 0 rings (SSSR count). The molecule has 0 bridgehead atoms. The van der Waals surface area contributed by atoms with Crippen molar-refractivity contribution in [2.24, 2.45) is 5.92 Å². The van der Waals surface area contributed by atoms with E-state index in [-0.39, 0.29) is 5.60 Å². The Morgan fingerprint density at radius 1 is 1.36 bits per heavy atom. The van der Waals surface area contributed by atoms with Crippen molar-refractivity contribution in [1.82, 2.24) is 5.32 Å². The molecule has 0 saturated carbocycles. The summed E-state index contributed by atoms with van der Waals surface area (Å²) in [6.45, 7) is 8.85. The summed E-state index contributed by atoms with van der Waals surface area (Å²) in [7, 11) is 3.84. The highest BCUT2D eigenvalue weighted by Crippen LogP contribution is 2.23. The van der Waals surface area contributed by atoms with Crippen LogP contribution in [-0.4, -0.2) is 25.8 Å². The Kier molecular flexibility index (Phi) is 6.38. The number of ether oxygens (including phenoxy) is 1. The van der Waals surface area contributed by atoms with Crippen molar-refractivity contribution in [3.8, 4) is 0 Å². The fraction of sp³-hybridized carbons (Fsp3) is 1.00. The first-order valence-corrected chi connectivity index (χ1v) is 5.69. The van der Waals surface area contributed by atoms with Gasteiger partial charge in [0.15, 0.2) is 0 Å². The van der Waals surface area contributed by atoms with Gasteiger partial charge in [0.25, 0.3) is 0 Å². The summed E-state index contributed by atoms with van der Waals surface area (Å²) in [6.07, 6.45) is 3.59. The highest BCUT2D eigenvalue weighted by molar-refractivity contribution is 4.79. The van der Waals surface area contributed by atoms with Gasteiger partial charge in [-0.1, -0.05) is 20.3 Å². The van der Waals surface area contributed by atoms with E-state index in [0.29, 0.717) is 12.0 Å². The molecule has 0 fully saturated rings. The third kappa shape index (κ3) is 4.97. The SMILES string of the molecule is CCCC(NC)C(C)CC(C)(C)OC. The van der Waals surface area contributed by atoms with Gasteiger partial charge in [0.05, 0.1) is 5.60 Å². The molecule has 0 aromatic carbocycles. The number of hydrogen-bond acceptors (Lipinski definition) is 2. The van der Waals surface area contributed by atoms with Crippen molar-refractivity contribution >= 4 is 0 Å².